The van der Waals surface area contributed by atoms with Gasteiger partial charge in [-0.3, -0.25) is 4.79 Å². The molecule has 0 bridgehead atoms. The fraction of sp³-hybridized carbons (Fsp3) is 0.320. The van der Waals surface area contributed by atoms with Crippen LogP contribution in [0.15, 0.2) is 58.7 Å². The van der Waals surface area contributed by atoms with Gasteiger partial charge in [0.05, 0.1) is 12.1 Å². The van der Waals surface area contributed by atoms with E-state index < -0.39 is 0 Å². The number of benzene rings is 1. The quantitative estimate of drug-likeness (QED) is 0.187. The van der Waals surface area contributed by atoms with Crippen LogP contribution in [0.1, 0.15) is 19.3 Å². The topological polar surface area (TPSA) is 106 Å². The molecule has 0 radical (unpaired) electrons. The average molecular weight is 505 g/mol. The van der Waals surface area contributed by atoms with Crippen LogP contribution in [0.5, 0.6) is 5.75 Å². The molecule has 1 fully saturated rings. The molecule has 184 valence electrons. The number of pyridine rings is 1. The van der Waals surface area contributed by atoms with E-state index in [1.807, 2.05) is 42.7 Å². The van der Waals surface area contributed by atoms with Gasteiger partial charge in [-0.2, -0.15) is 4.52 Å². The molecule has 4 aromatic heterocycles. The van der Waals surface area contributed by atoms with Gasteiger partial charge in [-0.1, -0.05) is 17.8 Å². The zero-order chi connectivity index (χ0) is 24.5. The van der Waals surface area contributed by atoms with E-state index in [0.717, 1.165) is 36.8 Å². The van der Waals surface area contributed by atoms with Crippen molar-refractivity contribution < 1.29 is 14.2 Å². The van der Waals surface area contributed by atoms with Gasteiger partial charge in [0.15, 0.2) is 28.6 Å². The highest BCUT2D eigenvalue weighted by atomic mass is 32.2. The summed E-state index contributed by atoms with van der Waals surface area (Å²) in [5.41, 5.74) is 1.32. The second-order valence-electron chi connectivity index (χ2n) is 8.34. The lowest BCUT2D eigenvalue weighted by Gasteiger charge is -2.22. The van der Waals surface area contributed by atoms with Gasteiger partial charge < -0.3 is 14.2 Å². The summed E-state index contributed by atoms with van der Waals surface area (Å²) in [6, 6.07) is 11.2. The molecule has 10 nitrogen and oxygen atoms in total. The van der Waals surface area contributed by atoms with Crippen LogP contribution in [-0.2, 0) is 9.47 Å². The molecule has 1 atom stereocenters. The Hall–Kier alpha value is -3.54. The molecule has 5 aromatic rings. The maximum Gasteiger partial charge on any atom is 0.284 e. The Balaban J connectivity index is 1.43. The first kappa shape index (κ1) is 22.9. The Morgan fingerprint density at radius 1 is 1.11 bits per heavy atom. The molecule has 0 amide bonds. The van der Waals surface area contributed by atoms with Crippen LogP contribution in [0, 0.1) is 0 Å². The molecule has 5 heterocycles. The van der Waals surface area contributed by atoms with Crippen LogP contribution in [0.3, 0.4) is 0 Å². The molecule has 1 unspecified atom stereocenters. The highest BCUT2D eigenvalue weighted by Gasteiger charge is 2.20. The summed E-state index contributed by atoms with van der Waals surface area (Å²) >= 11 is 1.40. The van der Waals surface area contributed by atoms with Crippen molar-refractivity contribution in [3.05, 3.63) is 59.1 Å². The maximum absolute atomic E-state index is 13.6. The molecule has 1 aliphatic rings. The SMILES string of the molecule is CSc1ncc2c(=O)n3c(nc2n1)c1ccc(OCCOC2CCCCO2)cc1n3-c1ccccn1. The average Bonchev–Trinajstić information content (AvgIpc) is 3.25. The van der Waals surface area contributed by atoms with Crippen molar-refractivity contribution in [1.29, 1.82) is 0 Å². The van der Waals surface area contributed by atoms with Crippen molar-refractivity contribution in [3.63, 3.8) is 0 Å². The molecule has 0 spiro atoms. The van der Waals surface area contributed by atoms with E-state index in [0.29, 0.717) is 46.6 Å². The number of ether oxygens (including phenoxy) is 3. The van der Waals surface area contributed by atoms with Crippen molar-refractivity contribution >= 4 is 39.3 Å². The molecule has 1 aliphatic heterocycles. The monoisotopic (exact) mass is 504 g/mol. The second-order valence-corrected chi connectivity index (χ2v) is 9.11. The number of nitrogens with zero attached hydrogens (tertiary/aromatic N) is 6. The summed E-state index contributed by atoms with van der Waals surface area (Å²) in [4.78, 5) is 31.6. The molecular formula is C25H24N6O4S. The first-order valence-corrected chi connectivity index (χ1v) is 13.0. The molecule has 0 saturated carbocycles. The Morgan fingerprint density at radius 2 is 2.06 bits per heavy atom. The van der Waals surface area contributed by atoms with E-state index in [9.17, 15) is 4.79 Å². The van der Waals surface area contributed by atoms with E-state index in [-0.39, 0.29) is 11.8 Å². The first-order valence-electron chi connectivity index (χ1n) is 11.8. The number of thioether (sulfide) groups is 1. The highest BCUT2D eigenvalue weighted by Crippen LogP contribution is 2.28. The zero-order valence-electron chi connectivity index (χ0n) is 19.7. The second kappa shape index (κ2) is 9.84. The predicted octanol–water partition coefficient (Wildman–Crippen LogP) is 3.62. The largest absolute Gasteiger partial charge is 0.491 e. The van der Waals surface area contributed by atoms with Crippen molar-refractivity contribution in [2.45, 2.75) is 30.7 Å². The van der Waals surface area contributed by atoms with Crippen LogP contribution >= 0.6 is 11.8 Å². The number of hydrogen-bond donors (Lipinski definition) is 0. The molecule has 11 heteroatoms. The van der Waals surface area contributed by atoms with E-state index in [2.05, 4.69) is 15.0 Å². The molecule has 0 N–H and O–H groups in total. The Kier molecular flexibility index (Phi) is 6.26. The molecule has 0 aliphatic carbocycles. The smallest absolute Gasteiger partial charge is 0.284 e. The summed E-state index contributed by atoms with van der Waals surface area (Å²) in [6.45, 7) is 1.55. The van der Waals surface area contributed by atoms with Gasteiger partial charge in [0.1, 0.15) is 17.7 Å². The number of aromatic nitrogens is 6. The normalized spacial score (nSPS) is 16.2. The minimum absolute atomic E-state index is 0.154. The fourth-order valence-corrected chi connectivity index (χ4v) is 4.71. The van der Waals surface area contributed by atoms with Crippen molar-refractivity contribution in [3.8, 4) is 11.6 Å². The molecule has 1 saturated heterocycles. The standard InChI is InChI=1S/C25H24N6O4S/c1-36-25-27-15-18-22(29-25)28-23-17-9-8-16(33-12-13-35-21-7-3-5-11-34-21)14-19(17)30(31(23)24(18)32)20-6-2-4-10-26-20/h2,4,6,8-10,14-15,21H,3,5,7,11-13H2,1H3. The summed E-state index contributed by atoms with van der Waals surface area (Å²) < 4.78 is 20.6. The van der Waals surface area contributed by atoms with Gasteiger partial charge in [-0.05, 0) is 49.8 Å². The number of fused-ring (bicyclic) bond motifs is 4. The van der Waals surface area contributed by atoms with Crippen LogP contribution in [0.4, 0.5) is 0 Å². The Labute approximate surface area is 210 Å². The maximum atomic E-state index is 13.6. The fourth-order valence-electron chi connectivity index (χ4n) is 4.37. The van der Waals surface area contributed by atoms with Crippen LogP contribution in [-0.4, -0.2) is 61.5 Å². The summed E-state index contributed by atoms with van der Waals surface area (Å²) in [7, 11) is 0. The highest BCUT2D eigenvalue weighted by molar-refractivity contribution is 7.98. The van der Waals surface area contributed by atoms with Gasteiger partial charge in [-0.15, -0.1) is 0 Å². The van der Waals surface area contributed by atoms with Gasteiger partial charge in [0.2, 0.25) is 0 Å². The van der Waals surface area contributed by atoms with Crippen molar-refractivity contribution in [2.75, 3.05) is 26.1 Å². The Bertz CT molecular complexity index is 1600. The van der Waals surface area contributed by atoms with E-state index >= 15 is 0 Å². The van der Waals surface area contributed by atoms with Crippen LogP contribution < -0.4 is 10.3 Å². The van der Waals surface area contributed by atoms with Gasteiger partial charge in [0.25, 0.3) is 5.56 Å². The van der Waals surface area contributed by atoms with Crippen molar-refractivity contribution in [2.24, 2.45) is 0 Å². The van der Waals surface area contributed by atoms with Crippen molar-refractivity contribution in [1.82, 2.24) is 29.1 Å². The minimum Gasteiger partial charge on any atom is -0.491 e. The zero-order valence-corrected chi connectivity index (χ0v) is 20.5. The van der Waals surface area contributed by atoms with Gasteiger partial charge in [-0.25, -0.2) is 24.6 Å². The molecular weight excluding hydrogens is 480 g/mol. The third-order valence-corrected chi connectivity index (χ3v) is 6.62. The first-order chi connectivity index (χ1) is 17.7. The lowest BCUT2D eigenvalue weighted by molar-refractivity contribution is -0.165. The third kappa shape index (κ3) is 4.19. The number of hydrogen-bond acceptors (Lipinski definition) is 9. The molecule has 1 aromatic carbocycles. The summed E-state index contributed by atoms with van der Waals surface area (Å²) in [6.07, 6.45) is 8.06. The van der Waals surface area contributed by atoms with Crippen LogP contribution in [0.2, 0.25) is 0 Å². The predicted molar refractivity (Wildman–Crippen MR) is 136 cm³/mol. The Morgan fingerprint density at radius 3 is 2.86 bits per heavy atom. The third-order valence-electron chi connectivity index (χ3n) is 6.06. The van der Waals surface area contributed by atoms with E-state index in [1.165, 1.54) is 22.5 Å². The summed E-state index contributed by atoms with van der Waals surface area (Å²) in [5, 5.41) is 1.68. The minimum atomic E-state index is -0.271. The number of rotatable bonds is 7. The summed E-state index contributed by atoms with van der Waals surface area (Å²) in [5.74, 6) is 1.23. The lowest BCUT2D eigenvalue weighted by Crippen LogP contribution is -2.24. The lowest BCUT2D eigenvalue weighted by atomic mass is 10.2. The van der Waals surface area contributed by atoms with Crippen LogP contribution in [0.25, 0.3) is 33.4 Å². The molecule has 6 rings (SSSR count). The molecule has 36 heavy (non-hydrogen) atoms. The van der Waals surface area contributed by atoms with E-state index in [1.54, 1.807) is 10.9 Å². The van der Waals surface area contributed by atoms with Gasteiger partial charge >= 0.3 is 0 Å². The van der Waals surface area contributed by atoms with E-state index in [4.69, 9.17) is 19.2 Å². The van der Waals surface area contributed by atoms with Gasteiger partial charge in [0, 0.05) is 30.5 Å².